The first-order valence-electron chi connectivity index (χ1n) is 4.11. The quantitative estimate of drug-likeness (QED) is 0.881. The molecule has 2 unspecified atom stereocenters. The van der Waals surface area contributed by atoms with Crippen LogP contribution in [-0.2, 0) is 0 Å². The van der Waals surface area contributed by atoms with Crippen LogP contribution in [0.4, 0.5) is 0 Å². The van der Waals surface area contributed by atoms with E-state index in [-0.39, 0.29) is 5.92 Å². The van der Waals surface area contributed by atoms with Crippen LogP contribution < -0.4 is 0 Å². The van der Waals surface area contributed by atoms with Gasteiger partial charge in [-0.1, -0.05) is 13.8 Å². The highest BCUT2D eigenvalue weighted by atomic mass is 79.9. The molecule has 0 aliphatic rings. The predicted molar refractivity (Wildman–Crippen MR) is 57.8 cm³/mol. The first-order valence-corrected chi connectivity index (χ1v) is 5.85. The van der Waals surface area contributed by atoms with E-state index in [9.17, 15) is 10.2 Å². The summed E-state index contributed by atoms with van der Waals surface area (Å²) < 4.78 is 0.865. The smallest absolute Gasteiger partial charge is 0.107 e. The van der Waals surface area contributed by atoms with Crippen LogP contribution in [0.1, 0.15) is 25.5 Å². The maximum absolute atomic E-state index is 9.76. The lowest BCUT2D eigenvalue weighted by Gasteiger charge is -2.20. The fourth-order valence-electron chi connectivity index (χ4n) is 1.05. The van der Waals surface area contributed by atoms with Crippen LogP contribution >= 0.6 is 27.3 Å². The third-order valence-electron chi connectivity index (χ3n) is 1.97. The van der Waals surface area contributed by atoms with Crippen molar-refractivity contribution >= 4 is 27.3 Å². The standard InChI is InChI=1S/C9H13BrO2S/c1-5(2)8(11)9(12)6-3-13-4-7(6)10/h3-5,8-9,11-12H,1-2H3. The van der Waals surface area contributed by atoms with Gasteiger partial charge in [-0.15, -0.1) is 0 Å². The number of hydrogen-bond acceptors (Lipinski definition) is 3. The van der Waals surface area contributed by atoms with E-state index in [1.165, 1.54) is 11.3 Å². The Bertz CT molecular complexity index is 272. The van der Waals surface area contributed by atoms with Gasteiger partial charge in [-0.3, -0.25) is 0 Å². The number of rotatable bonds is 3. The van der Waals surface area contributed by atoms with Crippen molar-refractivity contribution in [3.63, 3.8) is 0 Å². The zero-order chi connectivity index (χ0) is 10.0. The summed E-state index contributed by atoms with van der Waals surface area (Å²) in [5, 5.41) is 23.1. The number of hydrogen-bond donors (Lipinski definition) is 2. The van der Waals surface area contributed by atoms with E-state index in [2.05, 4.69) is 15.9 Å². The Morgan fingerprint density at radius 1 is 1.31 bits per heavy atom. The Kier molecular flexibility index (Phi) is 3.91. The maximum atomic E-state index is 9.76. The lowest BCUT2D eigenvalue weighted by atomic mass is 9.98. The van der Waals surface area contributed by atoms with Crippen LogP contribution in [-0.4, -0.2) is 16.3 Å². The molecule has 2 N–H and O–H groups in total. The first kappa shape index (κ1) is 11.2. The molecule has 4 heteroatoms. The van der Waals surface area contributed by atoms with Gasteiger partial charge in [-0.05, 0) is 27.2 Å². The van der Waals surface area contributed by atoms with Crippen LogP contribution in [0.3, 0.4) is 0 Å². The van der Waals surface area contributed by atoms with Gasteiger partial charge in [0.15, 0.2) is 0 Å². The normalized spacial score (nSPS) is 16.2. The average molecular weight is 265 g/mol. The van der Waals surface area contributed by atoms with Crippen molar-refractivity contribution in [1.29, 1.82) is 0 Å². The molecule has 0 amide bonds. The second kappa shape index (κ2) is 4.55. The van der Waals surface area contributed by atoms with Crippen molar-refractivity contribution < 1.29 is 10.2 Å². The van der Waals surface area contributed by atoms with Gasteiger partial charge >= 0.3 is 0 Å². The van der Waals surface area contributed by atoms with Crippen LogP contribution in [0.15, 0.2) is 15.2 Å². The maximum Gasteiger partial charge on any atom is 0.107 e. The molecule has 0 saturated carbocycles. The first-order chi connectivity index (χ1) is 6.04. The van der Waals surface area contributed by atoms with E-state index in [0.717, 1.165) is 10.0 Å². The van der Waals surface area contributed by atoms with Crippen LogP contribution in [0.2, 0.25) is 0 Å². The summed E-state index contributed by atoms with van der Waals surface area (Å²) in [6, 6.07) is 0. The number of aliphatic hydroxyl groups is 2. The zero-order valence-electron chi connectivity index (χ0n) is 7.57. The Hall–Kier alpha value is 0.100. The minimum atomic E-state index is -0.791. The largest absolute Gasteiger partial charge is 0.390 e. The summed E-state index contributed by atoms with van der Waals surface area (Å²) in [6.07, 6.45) is -1.49. The number of aliphatic hydroxyl groups excluding tert-OH is 2. The highest BCUT2D eigenvalue weighted by molar-refractivity contribution is 9.10. The van der Waals surface area contributed by atoms with Crippen molar-refractivity contribution in [2.24, 2.45) is 5.92 Å². The molecule has 1 aromatic rings. The van der Waals surface area contributed by atoms with Crippen molar-refractivity contribution in [1.82, 2.24) is 0 Å². The van der Waals surface area contributed by atoms with Gasteiger partial charge in [-0.25, -0.2) is 0 Å². The van der Waals surface area contributed by atoms with E-state index in [0.29, 0.717) is 0 Å². The molecule has 13 heavy (non-hydrogen) atoms. The molecule has 1 heterocycles. The minimum absolute atomic E-state index is 0.0572. The van der Waals surface area contributed by atoms with E-state index >= 15 is 0 Å². The molecule has 0 fully saturated rings. The third-order valence-corrected chi connectivity index (χ3v) is 3.72. The fraction of sp³-hybridized carbons (Fsp3) is 0.556. The summed E-state index contributed by atoms with van der Waals surface area (Å²) in [4.78, 5) is 0. The molecule has 2 nitrogen and oxygen atoms in total. The molecular formula is C9H13BrO2S. The molecule has 0 bridgehead atoms. The summed E-state index contributed by atoms with van der Waals surface area (Å²) >= 11 is 4.83. The summed E-state index contributed by atoms with van der Waals surface area (Å²) in [7, 11) is 0. The van der Waals surface area contributed by atoms with E-state index < -0.39 is 12.2 Å². The monoisotopic (exact) mass is 264 g/mol. The van der Waals surface area contributed by atoms with Gasteiger partial charge in [0, 0.05) is 15.4 Å². The van der Waals surface area contributed by atoms with Gasteiger partial charge in [0.1, 0.15) is 6.10 Å². The number of halogens is 1. The second-order valence-corrected chi connectivity index (χ2v) is 4.95. The van der Waals surface area contributed by atoms with Crippen molar-refractivity contribution in [2.75, 3.05) is 0 Å². The summed E-state index contributed by atoms with van der Waals surface area (Å²) in [6.45, 7) is 3.77. The third kappa shape index (κ3) is 2.53. The van der Waals surface area contributed by atoms with E-state index in [1.807, 2.05) is 24.6 Å². The molecule has 1 rings (SSSR count). The summed E-state index contributed by atoms with van der Waals surface area (Å²) in [5.41, 5.74) is 0.770. The molecule has 74 valence electrons. The molecule has 0 saturated heterocycles. The Morgan fingerprint density at radius 3 is 2.31 bits per heavy atom. The second-order valence-electron chi connectivity index (χ2n) is 3.35. The van der Waals surface area contributed by atoms with Gasteiger partial charge in [0.2, 0.25) is 0 Å². The van der Waals surface area contributed by atoms with Crippen molar-refractivity contribution in [3.05, 3.63) is 20.8 Å². The number of thiophene rings is 1. The van der Waals surface area contributed by atoms with Crippen LogP contribution in [0.25, 0.3) is 0 Å². The van der Waals surface area contributed by atoms with Crippen LogP contribution in [0.5, 0.6) is 0 Å². The van der Waals surface area contributed by atoms with Crippen molar-refractivity contribution in [3.8, 4) is 0 Å². The molecule has 1 aromatic heterocycles. The highest BCUT2D eigenvalue weighted by Crippen LogP contribution is 2.30. The summed E-state index contributed by atoms with van der Waals surface area (Å²) in [5.74, 6) is 0.0572. The highest BCUT2D eigenvalue weighted by Gasteiger charge is 2.23. The molecule has 0 spiro atoms. The van der Waals surface area contributed by atoms with Gasteiger partial charge in [0.05, 0.1) is 6.10 Å². The molecule has 0 aliphatic heterocycles. The molecular weight excluding hydrogens is 252 g/mol. The Morgan fingerprint density at radius 2 is 1.92 bits per heavy atom. The Balaban J connectivity index is 2.79. The predicted octanol–water partition coefficient (Wildman–Crippen LogP) is 2.56. The van der Waals surface area contributed by atoms with Gasteiger partial charge in [0.25, 0.3) is 0 Å². The molecule has 0 radical (unpaired) electrons. The van der Waals surface area contributed by atoms with Crippen molar-refractivity contribution in [2.45, 2.75) is 26.1 Å². The van der Waals surface area contributed by atoms with Gasteiger partial charge in [-0.2, -0.15) is 11.3 Å². The lowest BCUT2D eigenvalue weighted by Crippen LogP contribution is -2.23. The zero-order valence-corrected chi connectivity index (χ0v) is 9.97. The van der Waals surface area contributed by atoms with Crippen LogP contribution in [0, 0.1) is 5.92 Å². The molecule has 2 atom stereocenters. The van der Waals surface area contributed by atoms with Gasteiger partial charge < -0.3 is 10.2 Å². The van der Waals surface area contributed by atoms with E-state index in [1.54, 1.807) is 0 Å². The minimum Gasteiger partial charge on any atom is -0.390 e. The molecule has 0 aliphatic carbocycles. The average Bonchev–Trinajstić information content (AvgIpc) is 2.48. The molecule has 0 aromatic carbocycles. The SMILES string of the molecule is CC(C)C(O)C(O)c1cscc1Br. The fourth-order valence-corrected chi connectivity index (χ4v) is 2.61. The van der Waals surface area contributed by atoms with E-state index in [4.69, 9.17) is 0 Å². The topological polar surface area (TPSA) is 40.5 Å². The lowest BCUT2D eigenvalue weighted by molar-refractivity contribution is -0.00953. The Labute approximate surface area is 90.4 Å².